The third-order valence-electron chi connectivity index (χ3n) is 2.60. The molecule has 7 heteroatoms. The van der Waals surface area contributed by atoms with Crippen LogP contribution in [0.15, 0.2) is 18.2 Å². The lowest BCUT2D eigenvalue weighted by Crippen LogP contribution is -2.32. The van der Waals surface area contributed by atoms with Crippen molar-refractivity contribution >= 4 is 17.7 Å². The number of rotatable bonds is 5. The summed E-state index contributed by atoms with van der Waals surface area (Å²) < 4.78 is 4.94. The number of ether oxygens (including phenoxy) is 1. The number of methoxy groups -OCH3 is 1. The van der Waals surface area contributed by atoms with Crippen molar-refractivity contribution in [1.29, 1.82) is 5.26 Å². The highest BCUT2D eigenvalue weighted by molar-refractivity contribution is 6.00. The Morgan fingerprint density at radius 3 is 2.75 bits per heavy atom. The third-order valence-corrected chi connectivity index (χ3v) is 2.60. The van der Waals surface area contributed by atoms with E-state index >= 15 is 0 Å². The first kappa shape index (κ1) is 15.3. The van der Waals surface area contributed by atoms with E-state index in [9.17, 15) is 9.59 Å². The number of carbonyl (C=O) groups is 2. The van der Waals surface area contributed by atoms with E-state index in [-0.39, 0.29) is 24.2 Å². The summed E-state index contributed by atoms with van der Waals surface area (Å²) >= 11 is 0. The number of hydrogen-bond donors (Lipinski definition) is 2. The summed E-state index contributed by atoms with van der Waals surface area (Å²) in [5, 5.41) is 20.1. The molecule has 0 unspecified atom stereocenters. The van der Waals surface area contributed by atoms with Gasteiger partial charge in [0.15, 0.2) is 0 Å². The molecule has 0 aliphatic carbocycles. The molecule has 0 spiro atoms. The highest BCUT2D eigenvalue weighted by atomic mass is 16.5. The molecule has 20 heavy (non-hydrogen) atoms. The second kappa shape index (κ2) is 6.99. The van der Waals surface area contributed by atoms with E-state index in [0.29, 0.717) is 5.75 Å². The Labute approximate surface area is 116 Å². The predicted octanol–water partition coefficient (Wildman–Crippen LogP) is 1.77. The number of aromatic carboxylic acids is 1. The molecular formula is C13H15N3O4. The zero-order valence-corrected chi connectivity index (χ0v) is 11.2. The Bertz CT molecular complexity index is 551. The fraction of sp³-hybridized carbons (Fsp3) is 0.308. The molecule has 7 nitrogen and oxygen atoms in total. The molecule has 1 rings (SSSR count). The van der Waals surface area contributed by atoms with Gasteiger partial charge >= 0.3 is 12.0 Å². The van der Waals surface area contributed by atoms with Gasteiger partial charge in [-0.15, -0.1) is 0 Å². The van der Waals surface area contributed by atoms with E-state index in [1.807, 2.05) is 6.07 Å². The van der Waals surface area contributed by atoms with E-state index in [4.69, 9.17) is 15.1 Å². The van der Waals surface area contributed by atoms with Gasteiger partial charge in [-0.2, -0.15) is 5.26 Å². The highest BCUT2D eigenvalue weighted by Gasteiger charge is 2.15. The first-order chi connectivity index (χ1) is 9.49. The van der Waals surface area contributed by atoms with E-state index in [1.54, 1.807) is 6.07 Å². The minimum Gasteiger partial charge on any atom is -0.497 e. The molecule has 2 amide bonds. The van der Waals surface area contributed by atoms with Gasteiger partial charge in [-0.25, -0.2) is 9.59 Å². The summed E-state index contributed by atoms with van der Waals surface area (Å²) in [6, 6.07) is 5.79. The lowest BCUT2D eigenvalue weighted by atomic mass is 10.1. The molecule has 0 saturated heterocycles. The van der Waals surface area contributed by atoms with Crippen molar-refractivity contribution in [2.75, 3.05) is 26.0 Å². The third kappa shape index (κ3) is 3.88. The van der Waals surface area contributed by atoms with Crippen LogP contribution in [0, 0.1) is 11.3 Å². The van der Waals surface area contributed by atoms with Crippen LogP contribution in [0.4, 0.5) is 10.5 Å². The summed E-state index contributed by atoms with van der Waals surface area (Å²) in [6.07, 6.45) is 0.207. The number of carboxylic acid groups (broad SMARTS) is 1. The smallest absolute Gasteiger partial charge is 0.337 e. The van der Waals surface area contributed by atoms with Gasteiger partial charge < -0.3 is 20.1 Å². The largest absolute Gasteiger partial charge is 0.497 e. The number of nitrogens with zero attached hydrogens (tertiary/aromatic N) is 2. The molecular weight excluding hydrogens is 262 g/mol. The Morgan fingerprint density at radius 2 is 2.20 bits per heavy atom. The van der Waals surface area contributed by atoms with E-state index in [2.05, 4.69) is 5.32 Å². The van der Waals surface area contributed by atoms with Crippen LogP contribution in [0.3, 0.4) is 0 Å². The van der Waals surface area contributed by atoms with Crippen molar-refractivity contribution in [3.63, 3.8) is 0 Å². The maximum atomic E-state index is 11.8. The van der Waals surface area contributed by atoms with Gasteiger partial charge in [0, 0.05) is 13.6 Å². The van der Waals surface area contributed by atoms with Crippen molar-refractivity contribution in [2.45, 2.75) is 6.42 Å². The summed E-state index contributed by atoms with van der Waals surface area (Å²) in [5.41, 5.74) is 0.110. The second-order valence-corrected chi connectivity index (χ2v) is 3.98. The van der Waals surface area contributed by atoms with Crippen LogP contribution in [0.2, 0.25) is 0 Å². The molecule has 106 valence electrons. The first-order valence-electron chi connectivity index (χ1n) is 5.80. The minimum absolute atomic E-state index is 0.0635. The van der Waals surface area contributed by atoms with Crippen molar-refractivity contribution in [3.8, 4) is 11.8 Å². The number of carbonyl (C=O) groups excluding carboxylic acids is 1. The number of hydrogen-bond acceptors (Lipinski definition) is 4. The monoisotopic (exact) mass is 277 g/mol. The van der Waals surface area contributed by atoms with Crippen LogP contribution in [0.5, 0.6) is 5.75 Å². The molecule has 0 aliphatic rings. The van der Waals surface area contributed by atoms with E-state index in [1.165, 1.54) is 31.2 Å². The average molecular weight is 277 g/mol. The van der Waals surface area contributed by atoms with Crippen LogP contribution in [0.25, 0.3) is 0 Å². The van der Waals surface area contributed by atoms with Gasteiger partial charge in [0.1, 0.15) is 5.75 Å². The van der Waals surface area contributed by atoms with Gasteiger partial charge in [0.2, 0.25) is 0 Å². The number of anilines is 1. The molecule has 0 aromatic heterocycles. The van der Waals surface area contributed by atoms with Crippen molar-refractivity contribution in [3.05, 3.63) is 23.8 Å². The number of urea groups is 1. The topological polar surface area (TPSA) is 103 Å². The fourth-order valence-electron chi connectivity index (χ4n) is 1.47. The minimum atomic E-state index is -1.17. The van der Waals surface area contributed by atoms with Gasteiger partial charge in [-0.3, -0.25) is 0 Å². The van der Waals surface area contributed by atoms with Crippen LogP contribution in [-0.4, -0.2) is 42.7 Å². The molecule has 0 atom stereocenters. The lowest BCUT2D eigenvalue weighted by Gasteiger charge is -2.17. The molecule has 1 aromatic rings. The standard InChI is InChI=1S/C13H15N3O4/c1-16(7-3-6-14)13(19)15-11-5-4-9(20-2)8-10(11)12(17)18/h4-5,8H,3,7H2,1-2H3,(H,15,19)(H,17,18). The second-order valence-electron chi connectivity index (χ2n) is 3.98. The Hall–Kier alpha value is -2.75. The van der Waals surface area contributed by atoms with Crippen molar-refractivity contribution in [1.82, 2.24) is 4.90 Å². The molecule has 2 N–H and O–H groups in total. The molecule has 0 radical (unpaired) electrons. The number of nitrogens with one attached hydrogen (secondary N) is 1. The zero-order chi connectivity index (χ0) is 15.1. The van der Waals surface area contributed by atoms with E-state index in [0.717, 1.165) is 0 Å². The Morgan fingerprint density at radius 1 is 1.50 bits per heavy atom. The van der Waals surface area contributed by atoms with Crippen molar-refractivity contribution in [2.24, 2.45) is 0 Å². The van der Waals surface area contributed by atoms with Crippen LogP contribution in [-0.2, 0) is 0 Å². The van der Waals surface area contributed by atoms with Gasteiger partial charge in [0.25, 0.3) is 0 Å². The maximum absolute atomic E-state index is 11.8. The van der Waals surface area contributed by atoms with Gasteiger partial charge in [0.05, 0.1) is 30.9 Å². The van der Waals surface area contributed by atoms with Crippen molar-refractivity contribution < 1.29 is 19.4 Å². The maximum Gasteiger partial charge on any atom is 0.337 e. The van der Waals surface area contributed by atoms with Crippen LogP contribution >= 0.6 is 0 Å². The normalized spacial score (nSPS) is 9.45. The highest BCUT2D eigenvalue weighted by Crippen LogP contribution is 2.22. The molecule has 0 fully saturated rings. The van der Waals surface area contributed by atoms with Crippen LogP contribution < -0.4 is 10.1 Å². The SMILES string of the molecule is COc1ccc(NC(=O)N(C)CCC#N)c(C(=O)O)c1. The predicted molar refractivity (Wildman–Crippen MR) is 71.8 cm³/mol. The number of nitriles is 1. The van der Waals surface area contributed by atoms with Crippen LogP contribution in [0.1, 0.15) is 16.8 Å². The van der Waals surface area contributed by atoms with Gasteiger partial charge in [-0.05, 0) is 18.2 Å². The molecule has 0 saturated carbocycles. The molecule has 1 aromatic carbocycles. The van der Waals surface area contributed by atoms with E-state index < -0.39 is 12.0 Å². The quantitative estimate of drug-likeness (QED) is 0.853. The average Bonchev–Trinajstić information content (AvgIpc) is 2.44. The number of amides is 2. The summed E-state index contributed by atoms with van der Waals surface area (Å²) in [7, 11) is 2.95. The molecule has 0 aliphatic heterocycles. The summed E-state index contributed by atoms with van der Waals surface area (Å²) in [4.78, 5) is 24.3. The lowest BCUT2D eigenvalue weighted by molar-refractivity contribution is 0.0697. The summed E-state index contributed by atoms with van der Waals surface area (Å²) in [5.74, 6) is -0.780. The zero-order valence-electron chi connectivity index (χ0n) is 11.2. The fourth-order valence-corrected chi connectivity index (χ4v) is 1.47. The number of benzene rings is 1. The molecule has 0 heterocycles. The number of carboxylic acids is 1. The van der Waals surface area contributed by atoms with Gasteiger partial charge in [-0.1, -0.05) is 0 Å². The summed E-state index contributed by atoms with van der Waals surface area (Å²) in [6.45, 7) is 0.265. The Kier molecular flexibility index (Phi) is 5.35. The molecule has 0 bridgehead atoms. The first-order valence-corrected chi connectivity index (χ1v) is 5.80. The Balaban J connectivity index is 2.89.